The van der Waals surface area contributed by atoms with Gasteiger partial charge in [0.2, 0.25) is 0 Å². The van der Waals surface area contributed by atoms with E-state index in [-0.39, 0.29) is 6.61 Å². The van der Waals surface area contributed by atoms with E-state index < -0.39 is 6.10 Å². The van der Waals surface area contributed by atoms with Crippen molar-refractivity contribution in [2.75, 3.05) is 53.4 Å². The van der Waals surface area contributed by atoms with Gasteiger partial charge in [-0.3, -0.25) is 0 Å². The van der Waals surface area contributed by atoms with E-state index >= 15 is 0 Å². The lowest BCUT2D eigenvalue weighted by Crippen LogP contribution is -2.16. The van der Waals surface area contributed by atoms with Crippen LogP contribution in [-0.4, -0.2) is 58.5 Å². The summed E-state index contributed by atoms with van der Waals surface area (Å²) < 4.78 is 26.4. The molecule has 1 N–H and O–H groups in total. The van der Waals surface area contributed by atoms with Gasteiger partial charge in [-0.15, -0.1) is 0 Å². The summed E-state index contributed by atoms with van der Waals surface area (Å²) in [5.74, 6) is 1.38. The van der Waals surface area contributed by atoms with Gasteiger partial charge in [0, 0.05) is 7.11 Å². The molecule has 6 nitrogen and oxygen atoms in total. The summed E-state index contributed by atoms with van der Waals surface area (Å²) in [4.78, 5) is 0. The van der Waals surface area contributed by atoms with E-state index in [1.54, 1.807) is 19.2 Å². The van der Waals surface area contributed by atoms with Crippen LogP contribution in [0.1, 0.15) is 11.7 Å². The zero-order chi connectivity index (χ0) is 14.9. The molecule has 0 aliphatic carbocycles. The molecule has 6 heteroatoms. The number of ether oxygens (including phenoxy) is 5. The van der Waals surface area contributed by atoms with Gasteiger partial charge in [-0.25, -0.2) is 0 Å². The van der Waals surface area contributed by atoms with Crippen LogP contribution in [0.25, 0.3) is 0 Å². The maximum absolute atomic E-state index is 10.1. The van der Waals surface area contributed by atoms with Crippen molar-refractivity contribution in [3.8, 4) is 11.5 Å². The number of aliphatic hydroxyl groups excluding tert-OH is 1. The van der Waals surface area contributed by atoms with E-state index in [2.05, 4.69) is 0 Å². The largest absolute Gasteiger partial charge is 0.486 e. The highest BCUT2D eigenvalue weighted by Gasteiger charge is 2.15. The summed E-state index contributed by atoms with van der Waals surface area (Å²) in [6.45, 7) is 3.34. The molecule has 0 radical (unpaired) electrons. The van der Waals surface area contributed by atoms with Crippen LogP contribution >= 0.6 is 0 Å². The van der Waals surface area contributed by atoms with E-state index in [4.69, 9.17) is 23.7 Å². The maximum atomic E-state index is 10.1. The first kappa shape index (κ1) is 16.0. The third kappa shape index (κ3) is 5.17. The average Bonchev–Trinajstić information content (AvgIpc) is 2.53. The summed E-state index contributed by atoms with van der Waals surface area (Å²) in [6, 6.07) is 5.41. The Morgan fingerprint density at radius 1 is 1.05 bits per heavy atom. The van der Waals surface area contributed by atoms with Crippen molar-refractivity contribution >= 4 is 0 Å². The van der Waals surface area contributed by atoms with Gasteiger partial charge in [0.15, 0.2) is 11.5 Å². The van der Waals surface area contributed by atoms with Gasteiger partial charge < -0.3 is 28.8 Å². The molecule has 1 aromatic rings. The molecule has 0 saturated carbocycles. The van der Waals surface area contributed by atoms with Gasteiger partial charge in [0.1, 0.15) is 19.3 Å². The normalized spacial score (nSPS) is 15.0. The van der Waals surface area contributed by atoms with Crippen molar-refractivity contribution in [3.63, 3.8) is 0 Å². The van der Waals surface area contributed by atoms with Crippen LogP contribution in [0.5, 0.6) is 11.5 Å². The Bertz CT molecular complexity index is 423. The molecule has 118 valence electrons. The van der Waals surface area contributed by atoms with Crippen molar-refractivity contribution in [3.05, 3.63) is 23.8 Å². The van der Waals surface area contributed by atoms with E-state index in [0.29, 0.717) is 51.1 Å². The summed E-state index contributed by atoms with van der Waals surface area (Å²) in [7, 11) is 1.63. The first-order valence-corrected chi connectivity index (χ1v) is 7.03. The minimum Gasteiger partial charge on any atom is -0.486 e. The average molecular weight is 298 g/mol. The third-order valence-electron chi connectivity index (χ3n) is 3.03. The highest BCUT2D eigenvalue weighted by molar-refractivity contribution is 5.44. The predicted molar refractivity (Wildman–Crippen MR) is 75.9 cm³/mol. The molecule has 1 atom stereocenters. The second-order valence-electron chi connectivity index (χ2n) is 4.60. The smallest absolute Gasteiger partial charge is 0.161 e. The molecule has 0 bridgehead atoms. The number of rotatable bonds is 9. The molecule has 1 aliphatic rings. The quantitative estimate of drug-likeness (QED) is 0.690. The van der Waals surface area contributed by atoms with Crippen LogP contribution in [0.3, 0.4) is 0 Å². The van der Waals surface area contributed by atoms with Crippen LogP contribution in [0.15, 0.2) is 18.2 Å². The number of hydrogen-bond donors (Lipinski definition) is 1. The Morgan fingerprint density at radius 3 is 2.57 bits per heavy atom. The SMILES string of the molecule is COCCOCCOCC(O)c1ccc2c(c1)OCCO2. The molecular weight excluding hydrogens is 276 g/mol. The molecule has 1 aliphatic heterocycles. The number of fused-ring (bicyclic) bond motifs is 1. The number of methoxy groups -OCH3 is 1. The summed E-state index contributed by atoms with van der Waals surface area (Å²) in [5, 5.41) is 10.1. The summed E-state index contributed by atoms with van der Waals surface area (Å²) in [6.07, 6.45) is -0.695. The van der Waals surface area contributed by atoms with E-state index in [1.807, 2.05) is 6.07 Å². The van der Waals surface area contributed by atoms with Gasteiger partial charge in [0.05, 0.1) is 33.0 Å². The summed E-state index contributed by atoms with van der Waals surface area (Å²) >= 11 is 0. The molecule has 0 saturated heterocycles. The van der Waals surface area contributed by atoms with E-state index in [0.717, 1.165) is 5.56 Å². The minimum atomic E-state index is -0.695. The van der Waals surface area contributed by atoms with Gasteiger partial charge in [-0.2, -0.15) is 0 Å². The topological polar surface area (TPSA) is 66.4 Å². The first-order valence-electron chi connectivity index (χ1n) is 7.03. The van der Waals surface area contributed by atoms with Crippen molar-refractivity contribution in [1.29, 1.82) is 0 Å². The Labute approximate surface area is 124 Å². The van der Waals surface area contributed by atoms with Crippen LogP contribution in [-0.2, 0) is 14.2 Å². The van der Waals surface area contributed by atoms with E-state index in [1.165, 1.54) is 0 Å². The highest BCUT2D eigenvalue weighted by atomic mass is 16.6. The Morgan fingerprint density at radius 2 is 1.76 bits per heavy atom. The van der Waals surface area contributed by atoms with Gasteiger partial charge in [-0.05, 0) is 17.7 Å². The van der Waals surface area contributed by atoms with Crippen LogP contribution in [0.4, 0.5) is 0 Å². The molecular formula is C15H22O6. The summed E-state index contributed by atoms with van der Waals surface area (Å²) in [5.41, 5.74) is 0.750. The Balaban J connectivity index is 1.69. The number of benzene rings is 1. The number of aliphatic hydroxyl groups is 1. The zero-order valence-electron chi connectivity index (χ0n) is 12.2. The standard InChI is InChI=1S/C15H22O6/c1-17-4-5-18-6-7-19-11-13(16)12-2-3-14-15(10-12)21-9-8-20-14/h2-3,10,13,16H,4-9,11H2,1H3. The van der Waals surface area contributed by atoms with Gasteiger partial charge in [0.25, 0.3) is 0 Å². The lowest BCUT2D eigenvalue weighted by Gasteiger charge is -2.20. The van der Waals surface area contributed by atoms with Crippen molar-refractivity contribution < 1.29 is 28.8 Å². The third-order valence-corrected chi connectivity index (χ3v) is 3.03. The minimum absolute atomic E-state index is 0.216. The van der Waals surface area contributed by atoms with Crippen LogP contribution in [0.2, 0.25) is 0 Å². The van der Waals surface area contributed by atoms with Crippen molar-refractivity contribution in [1.82, 2.24) is 0 Å². The molecule has 0 amide bonds. The molecule has 1 unspecified atom stereocenters. The fraction of sp³-hybridized carbons (Fsp3) is 0.600. The monoisotopic (exact) mass is 298 g/mol. The maximum Gasteiger partial charge on any atom is 0.161 e. The molecule has 21 heavy (non-hydrogen) atoms. The van der Waals surface area contributed by atoms with Gasteiger partial charge >= 0.3 is 0 Å². The van der Waals surface area contributed by atoms with Crippen molar-refractivity contribution in [2.24, 2.45) is 0 Å². The van der Waals surface area contributed by atoms with Crippen molar-refractivity contribution in [2.45, 2.75) is 6.10 Å². The van der Waals surface area contributed by atoms with E-state index in [9.17, 15) is 5.11 Å². The molecule has 1 heterocycles. The fourth-order valence-electron chi connectivity index (χ4n) is 1.92. The molecule has 0 fully saturated rings. The van der Waals surface area contributed by atoms with Gasteiger partial charge in [-0.1, -0.05) is 6.07 Å². The Hall–Kier alpha value is -1.34. The zero-order valence-corrected chi connectivity index (χ0v) is 12.2. The number of hydrogen-bond acceptors (Lipinski definition) is 6. The molecule has 0 aromatic heterocycles. The lowest BCUT2D eigenvalue weighted by molar-refractivity contribution is -0.00600. The highest BCUT2D eigenvalue weighted by Crippen LogP contribution is 2.32. The van der Waals surface area contributed by atoms with Crippen LogP contribution in [0, 0.1) is 0 Å². The lowest BCUT2D eigenvalue weighted by atomic mass is 10.1. The fourth-order valence-corrected chi connectivity index (χ4v) is 1.92. The molecule has 2 rings (SSSR count). The van der Waals surface area contributed by atoms with Crippen LogP contribution < -0.4 is 9.47 Å². The first-order chi connectivity index (χ1) is 10.3. The second-order valence-corrected chi connectivity index (χ2v) is 4.60. The second kappa shape index (κ2) is 8.84. The Kier molecular flexibility index (Phi) is 6.75. The molecule has 0 spiro atoms. The molecule has 1 aromatic carbocycles. The predicted octanol–water partition coefficient (Wildman–Crippen LogP) is 1.17.